The third-order valence-corrected chi connectivity index (χ3v) is 6.77. The predicted octanol–water partition coefficient (Wildman–Crippen LogP) is 5.49. The summed E-state index contributed by atoms with van der Waals surface area (Å²) in [7, 11) is 2.95. The summed E-state index contributed by atoms with van der Waals surface area (Å²) in [6.45, 7) is 0. The van der Waals surface area contributed by atoms with Gasteiger partial charge in [0, 0.05) is 11.1 Å². The Morgan fingerprint density at radius 3 is 2.27 bits per heavy atom. The minimum absolute atomic E-state index is 0.0623. The van der Waals surface area contributed by atoms with Gasteiger partial charge < -0.3 is 20.5 Å². The van der Waals surface area contributed by atoms with Crippen LogP contribution in [-0.2, 0) is 16.0 Å². The molecule has 0 aromatic heterocycles. The zero-order chi connectivity index (χ0) is 29.2. The molecule has 0 aliphatic rings. The van der Waals surface area contributed by atoms with Crippen molar-refractivity contribution in [2.75, 3.05) is 14.2 Å². The summed E-state index contributed by atoms with van der Waals surface area (Å²) < 4.78 is 10.5. The van der Waals surface area contributed by atoms with Crippen LogP contribution >= 0.6 is 0 Å². The number of carbonyl (C=O) groups is 2. The molecule has 0 unspecified atom stereocenters. The lowest BCUT2D eigenvalue weighted by atomic mass is 9.90. The monoisotopic (exact) mass is 547 g/mol. The van der Waals surface area contributed by atoms with E-state index in [0.717, 1.165) is 28.0 Å². The Morgan fingerprint density at radius 1 is 0.854 bits per heavy atom. The number of rotatable bonds is 11. The van der Waals surface area contributed by atoms with Crippen molar-refractivity contribution in [3.05, 3.63) is 131 Å². The van der Waals surface area contributed by atoms with Gasteiger partial charge in [-0.25, -0.2) is 0 Å². The maximum absolute atomic E-state index is 13.5. The lowest BCUT2D eigenvalue weighted by Crippen LogP contribution is -2.43. The molecule has 0 aliphatic carbocycles. The van der Waals surface area contributed by atoms with Gasteiger partial charge in [0.1, 0.15) is 11.6 Å². The number of benzene rings is 4. The molecule has 4 aromatic rings. The summed E-state index contributed by atoms with van der Waals surface area (Å²) in [5.74, 6) is -0.833. The van der Waals surface area contributed by atoms with E-state index in [2.05, 4.69) is 5.32 Å². The highest BCUT2D eigenvalue weighted by molar-refractivity contribution is 5.96. The Kier molecular flexibility index (Phi) is 9.67. The largest absolute Gasteiger partial charge is 0.497 e. The summed E-state index contributed by atoms with van der Waals surface area (Å²) in [5, 5.41) is 10.8. The van der Waals surface area contributed by atoms with E-state index in [9.17, 15) is 9.59 Å². The summed E-state index contributed by atoms with van der Waals surface area (Å²) in [6, 6.07) is 31.1. The number of hydrogen-bond donors (Lipinski definition) is 3. The first-order chi connectivity index (χ1) is 19.9. The fourth-order valence-corrected chi connectivity index (χ4v) is 4.54. The quantitative estimate of drug-likeness (QED) is 0.131. The number of ether oxygens (including phenoxy) is 2. The first-order valence-electron chi connectivity index (χ1n) is 13.2. The fraction of sp³-hybridized carbons (Fsp3) is 0.147. The van der Waals surface area contributed by atoms with Gasteiger partial charge in [-0.1, -0.05) is 84.9 Å². The second-order valence-electron chi connectivity index (χ2n) is 9.53. The van der Waals surface area contributed by atoms with Gasteiger partial charge in [0.25, 0.3) is 5.91 Å². The Labute approximate surface area is 240 Å². The predicted molar refractivity (Wildman–Crippen MR) is 162 cm³/mol. The van der Waals surface area contributed by atoms with Gasteiger partial charge in [-0.15, -0.1) is 0 Å². The molecule has 1 amide bonds. The topological polar surface area (TPSA) is 115 Å². The van der Waals surface area contributed by atoms with Crippen LogP contribution in [0.15, 0.2) is 109 Å². The van der Waals surface area contributed by atoms with Crippen LogP contribution in [0.5, 0.6) is 5.75 Å². The average molecular weight is 548 g/mol. The molecule has 41 heavy (non-hydrogen) atoms. The van der Waals surface area contributed by atoms with Gasteiger partial charge in [-0.3, -0.25) is 15.0 Å². The Bertz CT molecular complexity index is 1530. The molecule has 0 heterocycles. The number of amides is 1. The molecule has 0 fully saturated rings. The Balaban J connectivity index is 1.62. The molecule has 4 rings (SSSR count). The van der Waals surface area contributed by atoms with Crippen molar-refractivity contribution >= 4 is 23.8 Å². The number of hydrogen-bond acceptors (Lipinski definition) is 5. The van der Waals surface area contributed by atoms with Crippen molar-refractivity contribution in [2.45, 2.75) is 12.5 Å². The molecule has 0 bridgehead atoms. The molecule has 0 saturated carbocycles. The van der Waals surface area contributed by atoms with E-state index in [1.807, 2.05) is 84.9 Å². The van der Waals surface area contributed by atoms with E-state index >= 15 is 0 Å². The highest BCUT2D eigenvalue weighted by Gasteiger charge is 2.30. The smallest absolute Gasteiger partial charge is 0.311 e. The molecule has 208 valence electrons. The van der Waals surface area contributed by atoms with Gasteiger partial charge in [0.15, 0.2) is 0 Å². The highest BCUT2D eigenvalue weighted by atomic mass is 16.5. The molecule has 0 spiro atoms. The summed E-state index contributed by atoms with van der Waals surface area (Å²) in [6.07, 6.45) is 3.96. The van der Waals surface area contributed by atoms with Crippen molar-refractivity contribution in [3.8, 4) is 16.9 Å². The molecular weight excluding hydrogens is 514 g/mol. The minimum Gasteiger partial charge on any atom is -0.497 e. The second-order valence-corrected chi connectivity index (χ2v) is 9.53. The van der Waals surface area contributed by atoms with Crippen LogP contribution in [0, 0.1) is 11.3 Å². The summed E-state index contributed by atoms with van der Waals surface area (Å²) >= 11 is 0. The van der Waals surface area contributed by atoms with E-state index in [-0.39, 0.29) is 18.2 Å². The van der Waals surface area contributed by atoms with E-state index in [0.29, 0.717) is 11.1 Å². The van der Waals surface area contributed by atoms with Crippen LogP contribution in [-0.4, -0.2) is 38.0 Å². The molecule has 0 saturated heterocycles. The Morgan fingerprint density at radius 2 is 1.59 bits per heavy atom. The van der Waals surface area contributed by atoms with E-state index < -0.39 is 17.9 Å². The van der Waals surface area contributed by atoms with Crippen LogP contribution in [0.3, 0.4) is 0 Å². The average Bonchev–Trinajstić information content (AvgIpc) is 3.02. The van der Waals surface area contributed by atoms with Crippen molar-refractivity contribution in [1.29, 1.82) is 5.41 Å². The summed E-state index contributed by atoms with van der Waals surface area (Å²) in [4.78, 5) is 26.5. The van der Waals surface area contributed by atoms with Gasteiger partial charge in [0.2, 0.25) is 0 Å². The maximum Gasteiger partial charge on any atom is 0.311 e. The molecule has 0 radical (unpaired) electrons. The van der Waals surface area contributed by atoms with E-state index in [1.165, 1.54) is 7.11 Å². The van der Waals surface area contributed by atoms with Crippen LogP contribution in [0.2, 0.25) is 0 Å². The molecular formula is C34H33N3O4. The number of nitrogens with two attached hydrogens (primary N) is 1. The number of nitrogens with one attached hydrogen (secondary N) is 2. The van der Waals surface area contributed by atoms with Crippen molar-refractivity contribution in [3.63, 3.8) is 0 Å². The number of methoxy groups -OCH3 is 2. The molecule has 4 N–H and O–H groups in total. The van der Waals surface area contributed by atoms with Gasteiger partial charge >= 0.3 is 5.97 Å². The van der Waals surface area contributed by atoms with Crippen molar-refractivity contribution in [2.24, 2.45) is 11.7 Å². The maximum atomic E-state index is 13.5. The van der Waals surface area contributed by atoms with Crippen LogP contribution < -0.4 is 15.8 Å². The van der Waals surface area contributed by atoms with Gasteiger partial charge in [-0.05, 0) is 59.0 Å². The van der Waals surface area contributed by atoms with Crippen LogP contribution in [0.1, 0.15) is 27.0 Å². The highest BCUT2D eigenvalue weighted by Crippen LogP contribution is 2.24. The van der Waals surface area contributed by atoms with Gasteiger partial charge in [0.05, 0.1) is 26.2 Å². The molecule has 0 aliphatic heterocycles. The second kappa shape index (κ2) is 13.8. The third kappa shape index (κ3) is 7.70. The lowest BCUT2D eigenvalue weighted by molar-refractivity contribution is -0.145. The number of nitrogen functional groups attached to an aromatic ring is 1. The standard InChI is InChI=1S/C34H33N3O4/c1-40-29-13-7-11-27(22-29)25-15-17-26(18-16-25)33(38)37-31(19-14-23-8-4-3-5-9-23)30(34(39)41-2)21-24-10-6-12-28(20-24)32(35)36/h3-20,22,30-31H,21H2,1-2H3,(H3,35,36)(H,37,38)/b19-14+/t30-,31-/m0/s1. The number of amidine groups is 1. The first kappa shape index (κ1) is 28.8. The zero-order valence-corrected chi connectivity index (χ0v) is 23.0. The van der Waals surface area contributed by atoms with Crippen LogP contribution in [0.4, 0.5) is 0 Å². The third-order valence-electron chi connectivity index (χ3n) is 6.77. The normalized spacial score (nSPS) is 12.3. The fourth-order valence-electron chi connectivity index (χ4n) is 4.54. The molecule has 4 aromatic carbocycles. The lowest BCUT2D eigenvalue weighted by Gasteiger charge is -2.24. The van der Waals surface area contributed by atoms with Crippen molar-refractivity contribution < 1.29 is 19.1 Å². The van der Waals surface area contributed by atoms with Crippen LogP contribution in [0.25, 0.3) is 17.2 Å². The molecule has 7 heteroatoms. The molecule has 7 nitrogen and oxygen atoms in total. The summed E-state index contributed by atoms with van der Waals surface area (Å²) in [5.41, 5.74) is 10.3. The minimum atomic E-state index is -0.734. The first-order valence-corrected chi connectivity index (χ1v) is 13.2. The van der Waals surface area contributed by atoms with Crippen molar-refractivity contribution in [1.82, 2.24) is 5.32 Å². The van der Waals surface area contributed by atoms with Gasteiger partial charge in [-0.2, -0.15) is 0 Å². The number of carbonyl (C=O) groups excluding carboxylic acids is 2. The SMILES string of the molecule is COC(=O)[C@@H](Cc1cccc(C(=N)N)c1)[C@H](/C=C/c1ccccc1)NC(=O)c1ccc(-c2cccc(OC)c2)cc1. The zero-order valence-electron chi connectivity index (χ0n) is 23.0. The number of esters is 1. The Hall–Kier alpha value is -5.17. The molecule has 2 atom stereocenters. The van der Waals surface area contributed by atoms with E-state index in [1.54, 1.807) is 37.4 Å². The van der Waals surface area contributed by atoms with E-state index in [4.69, 9.17) is 20.6 Å².